The summed E-state index contributed by atoms with van der Waals surface area (Å²) >= 11 is 0. The number of aliphatic hydroxyl groups is 1. The molecule has 1 atom stereocenters. The van der Waals surface area contributed by atoms with Crippen molar-refractivity contribution in [2.45, 2.75) is 12.5 Å². The summed E-state index contributed by atoms with van der Waals surface area (Å²) in [5.41, 5.74) is 0.597. The van der Waals surface area contributed by atoms with E-state index in [2.05, 4.69) is 0 Å². The number of nitrogens with zero attached hydrogens (tertiary/aromatic N) is 1. The van der Waals surface area contributed by atoms with Crippen molar-refractivity contribution in [3.63, 3.8) is 0 Å². The fraction of sp³-hybridized carbons (Fsp3) is 0.364. The Labute approximate surface area is 88.7 Å². The van der Waals surface area contributed by atoms with E-state index < -0.39 is 6.10 Å². The van der Waals surface area contributed by atoms with E-state index in [0.29, 0.717) is 17.1 Å². The van der Waals surface area contributed by atoms with Crippen molar-refractivity contribution in [2.75, 3.05) is 14.2 Å². The van der Waals surface area contributed by atoms with Crippen molar-refractivity contribution >= 4 is 0 Å². The Balaban J connectivity index is 3.02. The third kappa shape index (κ3) is 2.61. The molecule has 1 aromatic carbocycles. The largest absolute Gasteiger partial charge is 0.497 e. The molecule has 1 N–H and O–H groups in total. The topological polar surface area (TPSA) is 62.5 Å². The van der Waals surface area contributed by atoms with Gasteiger partial charge in [-0.1, -0.05) is 0 Å². The molecule has 0 saturated heterocycles. The summed E-state index contributed by atoms with van der Waals surface area (Å²) in [6.07, 6.45) is -0.779. The average molecular weight is 207 g/mol. The number of hydrogen-bond donors (Lipinski definition) is 1. The van der Waals surface area contributed by atoms with E-state index >= 15 is 0 Å². The molecule has 1 unspecified atom stereocenters. The Kier molecular flexibility index (Phi) is 3.95. The van der Waals surface area contributed by atoms with E-state index in [-0.39, 0.29) is 6.42 Å². The van der Waals surface area contributed by atoms with Crippen LogP contribution in [0.5, 0.6) is 11.5 Å². The standard InChI is InChI=1S/C11H13NO3/c1-14-8-3-4-9(10(13)5-6-12)11(7-8)15-2/h3-4,7,10,13H,5H2,1-2H3. The lowest BCUT2D eigenvalue weighted by atomic mass is 10.1. The highest BCUT2D eigenvalue weighted by Crippen LogP contribution is 2.30. The van der Waals surface area contributed by atoms with Gasteiger partial charge in [-0.15, -0.1) is 0 Å². The minimum atomic E-state index is -0.823. The smallest absolute Gasteiger partial charge is 0.128 e. The highest BCUT2D eigenvalue weighted by atomic mass is 16.5. The van der Waals surface area contributed by atoms with Gasteiger partial charge in [0.1, 0.15) is 11.5 Å². The highest BCUT2D eigenvalue weighted by Gasteiger charge is 2.13. The second kappa shape index (κ2) is 5.23. The Morgan fingerprint density at radius 2 is 2.13 bits per heavy atom. The summed E-state index contributed by atoms with van der Waals surface area (Å²) in [5, 5.41) is 18.1. The molecule has 0 heterocycles. The van der Waals surface area contributed by atoms with Crippen molar-refractivity contribution in [1.29, 1.82) is 5.26 Å². The highest BCUT2D eigenvalue weighted by molar-refractivity contribution is 5.42. The van der Waals surface area contributed by atoms with Gasteiger partial charge in [0, 0.05) is 11.6 Å². The third-order valence-electron chi connectivity index (χ3n) is 2.08. The number of nitriles is 1. The van der Waals surface area contributed by atoms with Crippen molar-refractivity contribution < 1.29 is 14.6 Å². The first-order valence-electron chi connectivity index (χ1n) is 4.50. The van der Waals surface area contributed by atoms with Crippen LogP contribution in [0.1, 0.15) is 18.1 Å². The van der Waals surface area contributed by atoms with Crippen molar-refractivity contribution in [3.8, 4) is 17.6 Å². The number of ether oxygens (including phenoxy) is 2. The van der Waals surface area contributed by atoms with Gasteiger partial charge in [-0.3, -0.25) is 0 Å². The number of aliphatic hydroxyl groups excluding tert-OH is 1. The van der Waals surface area contributed by atoms with E-state index in [1.54, 1.807) is 25.3 Å². The zero-order valence-electron chi connectivity index (χ0n) is 8.73. The van der Waals surface area contributed by atoms with Crippen molar-refractivity contribution in [3.05, 3.63) is 23.8 Å². The first kappa shape index (κ1) is 11.3. The first-order chi connectivity index (χ1) is 7.22. The van der Waals surface area contributed by atoms with Crippen molar-refractivity contribution in [1.82, 2.24) is 0 Å². The van der Waals surface area contributed by atoms with Gasteiger partial charge >= 0.3 is 0 Å². The summed E-state index contributed by atoms with van der Waals surface area (Å²) in [4.78, 5) is 0. The van der Waals surface area contributed by atoms with Crippen LogP contribution in [0.2, 0.25) is 0 Å². The molecule has 0 fully saturated rings. The van der Waals surface area contributed by atoms with Gasteiger partial charge in [-0.2, -0.15) is 5.26 Å². The van der Waals surface area contributed by atoms with Crippen LogP contribution in [0.4, 0.5) is 0 Å². The fourth-order valence-electron chi connectivity index (χ4n) is 1.29. The Morgan fingerprint density at radius 1 is 1.40 bits per heavy atom. The number of hydrogen-bond acceptors (Lipinski definition) is 4. The zero-order valence-corrected chi connectivity index (χ0v) is 8.73. The molecule has 0 radical (unpaired) electrons. The molecular formula is C11H13NO3. The van der Waals surface area contributed by atoms with Gasteiger partial charge in [-0.25, -0.2) is 0 Å². The monoisotopic (exact) mass is 207 g/mol. The lowest BCUT2D eigenvalue weighted by molar-refractivity contribution is 0.178. The molecule has 0 bridgehead atoms. The quantitative estimate of drug-likeness (QED) is 0.815. The predicted octanol–water partition coefficient (Wildman–Crippen LogP) is 1.65. The summed E-state index contributed by atoms with van der Waals surface area (Å²) < 4.78 is 10.1. The lowest BCUT2D eigenvalue weighted by Crippen LogP contribution is -2.00. The van der Waals surface area contributed by atoms with E-state index in [1.807, 2.05) is 6.07 Å². The minimum absolute atomic E-state index is 0.0443. The van der Waals surface area contributed by atoms with Gasteiger partial charge in [0.05, 0.1) is 32.8 Å². The van der Waals surface area contributed by atoms with Crippen LogP contribution in [0.25, 0.3) is 0 Å². The van der Waals surface area contributed by atoms with E-state index in [4.69, 9.17) is 14.7 Å². The summed E-state index contributed by atoms with van der Waals surface area (Å²) in [7, 11) is 3.07. The molecule has 1 aromatic rings. The van der Waals surface area contributed by atoms with Crippen LogP contribution in [-0.4, -0.2) is 19.3 Å². The molecular weight excluding hydrogens is 194 g/mol. The van der Waals surface area contributed by atoms with Crippen LogP contribution in [0.15, 0.2) is 18.2 Å². The molecule has 0 amide bonds. The molecule has 0 aliphatic rings. The minimum Gasteiger partial charge on any atom is -0.497 e. The third-order valence-corrected chi connectivity index (χ3v) is 2.08. The number of methoxy groups -OCH3 is 2. The normalized spacial score (nSPS) is 11.6. The van der Waals surface area contributed by atoms with Gasteiger partial charge in [0.2, 0.25) is 0 Å². The van der Waals surface area contributed by atoms with Crippen LogP contribution >= 0.6 is 0 Å². The molecule has 4 nitrogen and oxygen atoms in total. The second-order valence-electron chi connectivity index (χ2n) is 2.99. The Hall–Kier alpha value is -1.73. The molecule has 15 heavy (non-hydrogen) atoms. The predicted molar refractivity (Wildman–Crippen MR) is 54.7 cm³/mol. The molecule has 1 rings (SSSR count). The van der Waals surface area contributed by atoms with Gasteiger partial charge in [-0.05, 0) is 12.1 Å². The Morgan fingerprint density at radius 3 is 2.67 bits per heavy atom. The maximum Gasteiger partial charge on any atom is 0.128 e. The van der Waals surface area contributed by atoms with Gasteiger partial charge in [0.25, 0.3) is 0 Å². The number of benzene rings is 1. The van der Waals surface area contributed by atoms with Gasteiger partial charge < -0.3 is 14.6 Å². The summed E-state index contributed by atoms with van der Waals surface area (Å²) in [5.74, 6) is 1.18. The lowest BCUT2D eigenvalue weighted by Gasteiger charge is -2.13. The molecule has 4 heteroatoms. The molecule has 0 spiro atoms. The van der Waals surface area contributed by atoms with Crippen LogP contribution in [0.3, 0.4) is 0 Å². The maximum absolute atomic E-state index is 9.65. The van der Waals surface area contributed by atoms with Crippen molar-refractivity contribution in [2.24, 2.45) is 0 Å². The maximum atomic E-state index is 9.65. The average Bonchev–Trinajstić information content (AvgIpc) is 2.28. The Bertz CT molecular complexity index is 371. The molecule has 0 aliphatic carbocycles. The SMILES string of the molecule is COc1ccc(C(O)CC#N)c(OC)c1. The zero-order chi connectivity index (χ0) is 11.3. The molecule has 0 saturated carbocycles. The van der Waals surface area contributed by atoms with Crippen LogP contribution < -0.4 is 9.47 Å². The number of rotatable bonds is 4. The van der Waals surface area contributed by atoms with Crippen LogP contribution in [-0.2, 0) is 0 Å². The summed E-state index contributed by atoms with van der Waals surface area (Å²) in [6, 6.07) is 7.00. The van der Waals surface area contributed by atoms with Crippen LogP contribution in [0, 0.1) is 11.3 Å². The van der Waals surface area contributed by atoms with E-state index in [9.17, 15) is 5.11 Å². The van der Waals surface area contributed by atoms with E-state index in [0.717, 1.165) is 0 Å². The molecule has 0 aliphatic heterocycles. The fourth-order valence-corrected chi connectivity index (χ4v) is 1.29. The molecule has 0 aromatic heterocycles. The van der Waals surface area contributed by atoms with Gasteiger partial charge in [0.15, 0.2) is 0 Å². The molecule has 80 valence electrons. The second-order valence-corrected chi connectivity index (χ2v) is 2.99. The first-order valence-corrected chi connectivity index (χ1v) is 4.50. The summed E-state index contributed by atoms with van der Waals surface area (Å²) in [6.45, 7) is 0. The van der Waals surface area contributed by atoms with E-state index in [1.165, 1.54) is 7.11 Å².